The Labute approximate surface area is 185 Å². The summed E-state index contributed by atoms with van der Waals surface area (Å²) in [7, 11) is 1.78. The second kappa shape index (κ2) is 9.42. The molecule has 27 heavy (non-hydrogen) atoms. The minimum Gasteiger partial charge on any atom is -0.356 e. The monoisotopic (exact) mass is 525 g/mol. The molecule has 3 N–H and O–H groups in total. The number of hydrogen-bond donors (Lipinski definition) is 3. The third-order valence-electron chi connectivity index (χ3n) is 5.18. The van der Waals surface area contributed by atoms with Gasteiger partial charge in [0.1, 0.15) is 5.54 Å². The van der Waals surface area contributed by atoms with Crippen LogP contribution in [0.5, 0.6) is 0 Å². The molecule has 150 valence electrons. The number of thiophene rings is 1. The van der Waals surface area contributed by atoms with Gasteiger partial charge in [-0.3, -0.25) is 15.1 Å². The van der Waals surface area contributed by atoms with E-state index in [-0.39, 0.29) is 35.8 Å². The molecule has 0 aromatic carbocycles. The lowest BCUT2D eigenvalue weighted by Crippen LogP contribution is -2.55. The number of carbonyl (C=O) groups excluding carboxylic acids is 2. The molecule has 3 heterocycles. The number of piperidine rings is 1. The third-order valence-corrected chi connectivity index (χ3v) is 6.47. The highest BCUT2D eigenvalue weighted by Gasteiger charge is 2.48. The number of aliphatic imine (C=N–C) groups is 1. The topological polar surface area (TPSA) is 85.8 Å². The van der Waals surface area contributed by atoms with E-state index in [9.17, 15) is 9.59 Å². The second-order valence-electron chi connectivity index (χ2n) is 6.80. The highest BCUT2D eigenvalue weighted by atomic mass is 127. The van der Waals surface area contributed by atoms with Gasteiger partial charge in [0.2, 0.25) is 0 Å². The molecule has 7 nitrogen and oxygen atoms in total. The zero-order valence-electron chi connectivity index (χ0n) is 15.4. The fraction of sp³-hybridized carbons (Fsp3) is 0.588. The summed E-state index contributed by atoms with van der Waals surface area (Å²) in [6.07, 6.45) is 2.55. The molecule has 0 spiro atoms. The summed E-state index contributed by atoms with van der Waals surface area (Å²) >= 11 is 7.56. The molecule has 2 aliphatic rings. The van der Waals surface area contributed by atoms with Crippen LogP contribution in [-0.2, 0) is 11.2 Å². The standard InChI is InChI=1S/C17H24ClN5O2S.HI/c1-17(14(24)21-16(25)22-17)11-6-9-23(10-7-11)15(19-2)20-8-5-12-3-4-13(18)26-12;/h3-4,11H,5-10H2,1-2H3,(H,19,20)(H2,21,22,24,25);1H. The van der Waals surface area contributed by atoms with Gasteiger partial charge >= 0.3 is 6.03 Å². The maximum Gasteiger partial charge on any atom is 0.322 e. The number of nitrogens with one attached hydrogen (secondary N) is 3. The van der Waals surface area contributed by atoms with Gasteiger partial charge < -0.3 is 15.5 Å². The first-order valence-corrected chi connectivity index (χ1v) is 9.95. The molecule has 0 radical (unpaired) electrons. The molecular formula is C17H25ClIN5O2S. The van der Waals surface area contributed by atoms with Crippen molar-refractivity contribution in [3.63, 3.8) is 0 Å². The number of amides is 3. The Morgan fingerprint density at radius 3 is 2.63 bits per heavy atom. The summed E-state index contributed by atoms with van der Waals surface area (Å²) in [5, 5.41) is 8.53. The quantitative estimate of drug-likeness (QED) is 0.244. The number of guanidine groups is 1. The van der Waals surface area contributed by atoms with Crippen molar-refractivity contribution in [1.29, 1.82) is 0 Å². The average molecular weight is 526 g/mol. The molecule has 0 aliphatic carbocycles. The van der Waals surface area contributed by atoms with Gasteiger partial charge in [-0.2, -0.15) is 0 Å². The number of nitrogens with zero attached hydrogens (tertiary/aromatic N) is 2. The number of likely N-dealkylation sites (tertiary alicyclic amines) is 1. The minimum absolute atomic E-state index is 0. The Morgan fingerprint density at radius 2 is 2.11 bits per heavy atom. The van der Waals surface area contributed by atoms with E-state index in [1.165, 1.54) is 4.88 Å². The lowest BCUT2D eigenvalue weighted by atomic mass is 9.79. The molecular weight excluding hydrogens is 501 g/mol. The van der Waals surface area contributed by atoms with Crippen LogP contribution in [0, 0.1) is 5.92 Å². The predicted molar refractivity (Wildman–Crippen MR) is 119 cm³/mol. The Morgan fingerprint density at radius 1 is 1.41 bits per heavy atom. The molecule has 1 aromatic heterocycles. The lowest BCUT2D eigenvalue weighted by Gasteiger charge is -2.39. The van der Waals surface area contributed by atoms with E-state index in [4.69, 9.17) is 11.6 Å². The van der Waals surface area contributed by atoms with Gasteiger partial charge in [0.15, 0.2) is 5.96 Å². The average Bonchev–Trinajstić information content (AvgIpc) is 3.15. The van der Waals surface area contributed by atoms with Crippen molar-refractivity contribution in [2.75, 3.05) is 26.7 Å². The van der Waals surface area contributed by atoms with Crippen LogP contribution in [0.25, 0.3) is 0 Å². The number of urea groups is 1. The van der Waals surface area contributed by atoms with Crippen LogP contribution in [0.4, 0.5) is 4.79 Å². The highest BCUT2D eigenvalue weighted by Crippen LogP contribution is 2.30. The van der Waals surface area contributed by atoms with Crippen LogP contribution in [0.1, 0.15) is 24.6 Å². The van der Waals surface area contributed by atoms with Gasteiger partial charge in [0.25, 0.3) is 5.91 Å². The van der Waals surface area contributed by atoms with Crippen molar-refractivity contribution >= 4 is 64.8 Å². The highest BCUT2D eigenvalue weighted by molar-refractivity contribution is 14.0. The maximum absolute atomic E-state index is 12.1. The summed E-state index contributed by atoms with van der Waals surface area (Å²) < 4.78 is 0.808. The molecule has 0 saturated carbocycles. The molecule has 2 saturated heterocycles. The molecule has 3 rings (SSSR count). The summed E-state index contributed by atoms with van der Waals surface area (Å²) in [4.78, 5) is 31.4. The van der Waals surface area contributed by atoms with Crippen LogP contribution in [0.3, 0.4) is 0 Å². The summed E-state index contributed by atoms with van der Waals surface area (Å²) in [6, 6.07) is 3.57. The molecule has 1 atom stereocenters. The van der Waals surface area contributed by atoms with Crippen LogP contribution < -0.4 is 16.0 Å². The largest absolute Gasteiger partial charge is 0.356 e. The molecule has 3 amide bonds. The van der Waals surface area contributed by atoms with E-state index >= 15 is 0 Å². The van der Waals surface area contributed by atoms with Crippen molar-refractivity contribution in [3.05, 3.63) is 21.3 Å². The fourth-order valence-electron chi connectivity index (χ4n) is 3.63. The van der Waals surface area contributed by atoms with Crippen molar-refractivity contribution in [3.8, 4) is 0 Å². The Hall–Kier alpha value is -1.07. The molecule has 10 heteroatoms. The number of hydrogen-bond acceptors (Lipinski definition) is 4. The minimum atomic E-state index is -0.807. The maximum atomic E-state index is 12.1. The van der Waals surface area contributed by atoms with Gasteiger partial charge in [0.05, 0.1) is 4.34 Å². The third kappa shape index (κ3) is 5.05. The van der Waals surface area contributed by atoms with Gasteiger partial charge in [-0.15, -0.1) is 35.3 Å². The molecule has 0 bridgehead atoms. The van der Waals surface area contributed by atoms with E-state index in [0.29, 0.717) is 0 Å². The first kappa shape index (κ1) is 22.2. The van der Waals surface area contributed by atoms with E-state index in [1.807, 2.05) is 19.1 Å². The first-order chi connectivity index (χ1) is 12.4. The van der Waals surface area contributed by atoms with Gasteiger partial charge in [0, 0.05) is 31.6 Å². The van der Waals surface area contributed by atoms with Crippen molar-refractivity contribution in [2.24, 2.45) is 10.9 Å². The molecule has 1 unspecified atom stereocenters. The van der Waals surface area contributed by atoms with Crippen molar-refractivity contribution < 1.29 is 9.59 Å². The number of imide groups is 1. The first-order valence-electron chi connectivity index (χ1n) is 8.76. The zero-order chi connectivity index (χ0) is 18.7. The Kier molecular flexibility index (Phi) is 7.75. The fourth-order valence-corrected chi connectivity index (χ4v) is 4.72. The Balaban J connectivity index is 0.00000261. The van der Waals surface area contributed by atoms with Gasteiger partial charge in [-0.1, -0.05) is 11.6 Å². The molecule has 1 aromatic rings. The van der Waals surface area contributed by atoms with Crippen LogP contribution in [0.15, 0.2) is 17.1 Å². The smallest absolute Gasteiger partial charge is 0.322 e. The van der Waals surface area contributed by atoms with Crippen LogP contribution in [0.2, 0.25) is 4.34 Å². The zero-order valence-corrected chi connectivity index (χ0v) is 19.3. The summed E-state index contributed by atoms with van der Waals surface area (Å²) in [5.41, 5.74) is -0.807. The van der Waals surface area contributed by atoms with E-state index < -0.39 is 11.6 Å². The van der Waals surface area contributed by atoms with Crippen molar-refractivity contribution in [2.45, 2.75) is 31.7 Å². The Bertz CT molecular complexity index is 720. The van der Waals surface area contributed by atoms with E-state index in [2.05, 4.69) is 25.8 Å². The molecule has 2 fully saturated rings. The normalized spacial score (nSPS) is 23.7. The second-order valence-corrected chi connectivity index (χ2v) is 8.60. The number of carbonyl (C=O) groups is 2. The molecule has 2 aliphatic heterocycles. The van der Waals surface area contributed by atoms with Gasteiger partial charge in [-0.05, 0) is 44.2 Å². The van der Waals surface area contributed by atoms with Crippen LogP contribution in [-0.4, -0.2) is 55.0 Å². The lowest BCUT2D eigenvalue weighted by molar-refractivity contribution is -0.125. The summed E-state index contributed by atoms with van der Waals surface area (Å²) in [6.45, 7) is 4.20. The van der Waals surface area contributed by atoms with Crippen molar-refractivity contribution in [1.82, 2.24) is 20.9 Å². The predicted octanol–water partition coefficient (Wildman–Crippen LogP) is 2.45. The number of halogens is 2. The summed E-state index contributed by atoms with van der Waals surface area (Å²) in [5.74, 6) is 0.769. The SMILES string of the molecule is CN=C(NCCc1ccc(Cl)s1)N1CCC(C2(C)NC(=O)NC2=O)CC1.I. The van der Waals surface area contributed by atoms with E-state index in [1.54, 1.807) is 18.4 Å². The number of rotatable bonds is 4. The van der Waals surface area contributed by atoms with Crippen LogP contribution >= 0.6 is 46.9 Å². The van der Waals surface area contributed by atoms with E-state index in [0.717, 1.165) is 49.2 Å². The van der Waals surface area contributed by atoms with Gasteiger partial charge in [-0.25, -0.2) is 4.79 Å².